The van der Waals surface area contributed by atoms with Crippen molar-refractivity contribution in [1.82, 2.24) is 5.32 Å². The van der Waals surface area contributed by atoms with E-state index in [2.05, 4.69) is 78.1 Å². The molecule has 0 bridgehead atoms. The molecule has 6 aromatic carbocycles. The Bertz CT molecular complexity index is 1920. The summed E-state index contributed by atoms with van der Waals surface area (Å²) in [7, 11) is 0. The Kier molecular flexibility index (Phi) is 6.25. The molecule has 40 heavy (non-hydrogen) atoms. The summed E-state index contributed by atoms with van der Waals surface area (Å²) in [5.41, 5.74) is 6.25. The van der Waals surface area contributed by atoms with E-state index in [1.165, 1.54) is 38.9 Å². The van der Waals surface area contributed by atoms with Crippen LogP contribution < -0.4 is 15.4 Å². The Morgan fingerprint density at radius 2 is 1.45 bits per heavy atom. The SMILES string of the molecule is Fc1ccccc1N(c1ccccc1)c1ccc2ccc3c4/c(ccc1c24)=C\C=C\NCCCc1ccccc1-3. The largest absolute Gasteiger partial charge is 0.391 e. The number of fused-ring (bicyclic) bond motifs is 2. The second-order valence-corrected chi connectivity index (χ2v) is 10.2. The highest BCUT2D eigenvalue weighted by atomic mass is 19.1. The Morgan fingerprint density at radius 1 is 0.650 bits per heavy atom. The molecule has 0 radical (unpaired) electrons. The van der Waals surface area contributed by atoms with E-state index in [1.807, 2.05) is 53.6 Å². The van der Waals surface area contributed by atoms with Gasteiger partial charge in [-0.25, -0.2) is 4.39 Å². The fraction of sp³-hybridized carbons (Fsp3) is 0.0811. The van der Waals surface area contributed by atoms with Crippen molar-refractivity contribution >= 4 is 44.7 Å². The lowest BCUT2D eigenvalue weighted by Gasteiger charge is -2.28. The number of nitrogens with zero attached hydrogens (tertiary/aromatic N) is 1. The van der Waals surface area contributed by atoms with Crippen LogP contribution >= 0.6 is 0 Å². The first kappa shape index (κ1) is 24.2. The summed E-state index contributed by atoms with van der Waals surface area (Å²) < 4.78 is 15.4. The van der Waals surface area contributed by atoms with Gasteiger partial charge in [0.05, 0.1) is 11.4 Å². The molecule has 194 valence electrons. The second-order valence-electron chi connectivity index (χ2n) is 10.2. The third-order valence-corrected chi connectivity index (χ3v) is 7.84. The van der Waals surface area contributed by atoms with Crippen LogP contribution in [0.3, 0.4) is 0 Å². The molecule has 6 aromatic rings. The predicted molar refractivity (Wildman–Crippen MR) is 167 cm³/mol. The summed E-state index contributed by atoms with van der Waals surface area (Å²) in [6, 6.07) is 39.0. The third-order valence-electron chi connectivity index (χ3n) is 7.84. The molecule has 0 spiro atoms. The highest BCUT2D eigenvalue weighted by Crippen LogP contribution is 2.43. The highest BCUT2D eigenvalue weighted by molar-refractivity contribution is 6.19. The summed E-state index contributed by atoms with van der Waals surface area (Å²) in [5, 5.41) is 9.26. The molecule has 7 rings (SSSR count). The lowest BCUT2D eigenvalue weighted by molar-refractivity contribution is 0.629. The molecule has 0 saturated carbocycles. The van der Waals surface area contributed by atoms with Gasteiger partial charge in [-0.15, -0.1) is 0 Å². The monoisotopic (exact) mass is 520 g/mol. The van der Waals surface area contributed by atoms with Crippen molar-refractivity contribution in [3.63, 3.8) is 0 Å². The van der Waals surface area contributed by atoms with Crippen molar-refractivity contribution in [2.24, 2.45) is 0 Å². The molecule has 0 amide bonds. The second kappa shape index (κ2) is 10.3. The van der Waals surface area contributed by atoms with Gasteiger partial charge in [-0.2, -0.15) is 0 Å². The molecule has 1 N–H and O–H groups in total. The van der Waals surface area contributed by atoms with E-state index in [-0.39, 0.29) is 5.82 Å². The van der Waals surface area contributed by atoms with Crippen molar-refractivity contribution in [3.05, 3.63) is 144 Å². The minimum absolute atomic E-state index is 0.256. The third kappa shape index (κ3) is 4.20. The van der Waals surface area contributed by atoms with Gasteiger partial charge < -0.3 is 10.2 Å². The van der Waals surface area contributed by atoms with Gasteiger partial charge >= 0.3 is 0 Å². The van der Waals surface area contributed by atoms with Crippen molar-refractivity contribution in [3.8, 4) is 11.1 Å². The van der Waals surface area contributed by atoms with E-state index >= 15 is 4.39 Å². The summed E-state index contributed by atoms with van der Waals surface area (Å²) >= 11 is 0. The van der Waals surface area contributed by atoms with E-state index in [0.29, 0.717) is 5.69 Å². The maximum Gasteiger partial charge on any atom is 0.147 e. The fourth-order valence-corrected chi connectivity index (χ4v) is 6.02. The van der Waals surface area contributed by atoms with Crippen LogP contribution in [-0.4, -0.2) is 6.54 Å². The van der Waals surface area contributed by atoms with Crippen LogP contribution in [0.4, 0.5) is 21.5 Å². The van der Waals surface area contributed by atoms with Crippen LogP contribution in [0.1, 0.15) is 12.0 Å². The number of halogens is 1. The molecule has 3 heteroatoms. The van der Waals surface area contributed by atoms with Gasteiger partial charge in [0, 0.05) is 17.6 Å². The Labute approximate surface area is 233 Å². The molecule has 0 aromatic heterocycles. The molecule has 0 aliphatic carbocycles. The highest BCUT2D eigenvalue weighted by Gasteiger charge is 2.21. The molecule has 2 nitrogen and oxygen atoms in total. The number of aryl methyl sites for hydroxylation is 1. The number of nitrogens with one attached hydrogen (secondary N) is 1. The zero-order valence-corrected chi connectivity index (χ0v) is 22.1. The minimum Gasteiger partial charge on any atom is -0.391 e. The van der Waals surface area contributed by atoms with Crippen LogP contribution in [0.2, 0.25) is 0 Å². The summed E-state index contributed by atoms with van der Waals surface area (Å²) in [6.07, 6.45) is 8.39. The van der Waals surface area contributed by atoms with Crippen LogP contribution in [0, 0.1) is 5.82 Å². The lowest BCUT2D eigenvalue weighted by Crippen LogP contribution is -2.13. The van der Waals surface area contributed by atoms with Gasteiger partial charge in [0.15, 0.2) is 0 Å². The van der Waals surface area contributed by atoms with Gasteiger partial charge in [0.25, 0.3) is 0 Å². The molecule has 0 saturated heterocycles. The van der Waals surface area contributed by atoms with Crippen molar-refractivity contribution in [1.29, 1.82) is 0 Å². The number of benzene rings is 6. The Hall–Kier alpha value is -4.89. The van der Waals surface area contributed by atoms with E-state index in [0.717, 1.165) is 41.4 Å². The average Bonchev–Trinajstić information content (AvgIpc) is 2.99. The molecule has 1 aliphatic rings. The zero-order valence-electron chi connectivity index (χ0n) is 22.1. The fourth-order valence-electron chi connectivity index (χ4n) is 6.02. The number of para-hydroxylation sites is 2. The number of rotatable bonds is 3. The lowest BCUT2D eigenvalue weighted by atomic mass is 9.88. The van der Waals surface area contributed by atoms with Gasteiger partial charge in [-0.3, -0.25) is 0 Å². The van der Waals surface area contributed by atoms with Gasteiger partial charge in [-0.05, 0) is 93.5 Å². The van der Waals surface area contributed by atoms with Crippen LogP contribution in [0.5, 0.6) is 0 Å². The molecular weight excluding hydrogens is 491 g/mol. The quantitative estimate of drug-likeness (QED) is 0.251. The van der Waals surface area contributed by atoms with Gasteiger partial charge in [0.2, 0.25) is 0 Å². The Morgan fingerprint density at radius 3 is 2.35 bits per heavy atom. The summed E-state index contributed by atoms with van der Waals surface area (Å²) in [5.74, 6) is -0.256. The van der Waals surface area contributed by atoms with Crippen LogP contribution in [-0.2, 0) is 6.42 Å². The first-order valence-corrected chi connectivity index (χ1v) is 13.9. The topological polar surface area (TPSA) is 15.3 Å². The Balaban J connectivity index is 1.59. The van der Waals surface area contributed by atoms with Gasteiger partial charge in [0.1, 0.15) is 5.82 Å². The number of hydrogen-bond donors (Lipinski definition) is 1. The summed E-state index contributed by atoms with van der Waals surface area (Å²) in [6.45, 7) is 0.938. The number of anilines is 3. The molecule has 0 atom stereocenters. The van der Waals surface area contributed by atoms with E-state index in [9.17, 15) is 0 Å². The minimum atomic E-state index is -0.256. The number of allylic oxidation sites excluding steroid dienone is 1. The first-order valence-electron chi connectivity index (χ1n) is 13.9. The van der Waals surface area contributed by atoms with E-state index in [4.69, 9.17) is 0 Å². The number of hydrogen-bond acceptors (Lipinski definition) is 2. The molecule has 0 fully saturated rings. The molecule has 1 aliphatic heterocycles. The van der Waals surface area contributed by atoms with Crippen LogP contribution in [0.25, 0.3) is 38.7 Å². The average molecular weight is 521 g/mol. The van der Waals surface area contributed by atoms with Crippen molar-refractivity contribution < 1.29 is 4.39 Å². The predicted octanol–water partition coefficient (Wildman–Crippen LogP) is 8.82. The van der Waals surface area contributed by atoms with E-state index in [1.54, 1.807) is 6.07 Å². The molecule has 1 heterocycles. The van der Waals surface area contributed by atoms with Crippen LogP contribution in [0.15, 0.2) is 128 Å². The van der Waals surface area contributed by atoms with Gasteiger partial charge in [-0.1, -0.05) is 91.0 Å². The van der Waals surface area contributed by atoms with Crippen molar-refractivity contribution in [2.45, 2.75) is 12.8 Å². The summed E-state index contributed by atoms with van der Waals surface area (Å²) in [4.78, 5) is 2.04. The van der Waals surface area contributed by atoms with Crippen molar-refractivity contribution in [2.75, 3.05) is 11.4 Å². The maximum atomic E-state index is 15.4. The first-order chi connectivity index (χ1) is 19.8. The molecular formula is C37H29FN2. The normalized spacial score (nSPS) is 14.8. The standard InChI is InChI=1S/C37H29FN2/c38-33-16-6-7-17-35(33)40(29-13-2-1-3-14-29)34-23-20-28-18-21-31-30-15-5-4-10-26(30)11-8-24-39-25-9-12-27-19-22-32(34)37(28)36(27)31/h1-7,9-10,12-23,25,39H,8,11,24H2/b25-9+,27-12-. The zero-order chi connectivity index (χ0) is 26.9. The van der Waals surface area contributed by atoms with E-state index < -0.39 is 0 Å². The molecule has 0 unspecified atom stereocenters. The smallest absolute Gasteiger partial charge is 0.147 e. The maximum absolute atomic E-state index is 15.4.